The van der Waals surface area contributed by atoms with Gasteiger partial charge in [-0.3, -0.25) is 4.79 Å². The zero-order valence-electron chi connectivity index (χ0n) is 7.00. The second-order valence-electron chi connectivity index (χ2n) is 4.72. The summed E-state index contributed by atoms with van der Waals surface area (Å²) in [4.78, 5) is 11.8. The first-order chi connectivity index (χ1) is 5.75. The van der Waals surface area contributed by atoms with Gasteiger partial charge in [-0.15, -0.1) is 0 Å². The van der Waals surface area contributed by atoms with Crippen LogP contribution < -0.4 is 0 Å². The molecule has 4 aliphatic rings. The van der Waals surface area contributed by atoms with Crippen LogP contribution >= 0.6 is 22.6 Å². The number of Topliss-reactive ketones (excluding diaryl/α,β-unsaturated/α-hetero) is 1. The molecule has 2 heteroatoms. The topological polar surface area (TPSA) is 17.1 Å². The summed E-state index contributed by atoms with van der Waals surface area (Å²) >= 11 is 2.52. The lowest BCUT2D eigenvalue weighted by Gasteiger charge is -2.51. The van der Waals surface area contributed by atoms with Crippen LogP contribution in [0.4, 0.5) is 0 Å². The maximum atomic E-state index is 11.8. The van der Waals surface area contributed by atoms with E-state index < -0.39 is 0 Å². The average molecular weight is 276 g/mol. The minimum atomic E-state index is 0.460. The van der Waals surface area contributed by atoms with E-state index in [1.54, 1.807) is 0 Å². The Labute approximate surface area is 86.4 Å². The van der Waals surface area contributed by atoms with Crippen molar-refractivity contribution in [1.82, 2.24) is 0 Å². The molecule has 0 aromatic carbocycles. The maximum Gasteiger partial charge on any atom is 0.140 e. The molecule has 4 bridgehead atoms. The Balaban J connectivity index is 1.98. The Morgan fingerprint density at radius 3 is 2.83 bits per heavy atom. The maximum absolute atomic E-state index is 11.8. The highest BCUT2D eigenvalue weighted by Gasteiger charge is 2.52. The number of halogens is 1. The molecule has 0 aliphatic heterocycles. The Kier molecular flexibility index (Phi) is 1.59. The number of carbonyl (C=O) groups is 1. The molecule has 0 aromatic rings. The molecule has 0 unspecified atom stereocenters. The summed E-state index contributed by atoms with van der Waals surface area (Å²) < 4.78 is 0.683. The van der Waals surface area contributed by atoms with Gasteiger partial charge in [-0.1, -0.05) is 22.6 Å². The highest BCUT2D eigenvalue weighted by atomic mass is 127. The third-order valence-corrected chi connectivity index (χ3v) is 5.92. The standard InChI is InChI=1S/C10H13IO/c11-9-6-1-5-2-7(4-6)10(12)8(9)3-5/h5-9H,1-4H2/t5-,6-,7-,8-,9+/m1/s1. The van der Waals surface area contributed by atoms with Crippen molar-refractivity contribution >= 4 is 28.4 Å². The third kappa shape index (κ3) is 0.875. The van der Waals surface area contributed by atoms with Crippen molar-refractivity contribution in [3.63, 3.8) is 0 Å². The van der Waals surface area contributed by atoms with Crippen molar-refractivity contribution in [3.8, 4) is 0 Å². The zero-order valence-corrected chi connectivity index (χ0v) is 9.16. The van der Waals surface area contributed by atoms with E-state index in [9.17, 15) is 4.79 Å². The van der Waals surface area contributed by atoms with E-state index in [1.165, 1.54) is 25.7 Å². The number of ketones is 1. The van der Waals surface area contributed by atoms with Crippen LogP contribution in [0.15, 0.2) is 0 Å². The number of carbonyl (C=O) groups excluding carboxylic acids is 1. The predicted molar refractivity (Wildman–Crippen MR) is 55.2 cm³/mol. The fraction of sp³-hybridized carbons (Fsp3) is 0.900. The van der Waals surface area contributed by atoms with Gasteiger partial charge in [0.05, 0.1) is 0 Å². The Hall–Kier alpha value is 0.400. The molecule has 4 saturated carbocycles. The van der Waals surface area contributed by atoms with E-state index in [2.05, 4.69) is 22.6 Å². The zero-order chi connectivity index (χ0) is 8.29. The lowest BCUT2D eigenvalue weighted by molar-refractivity contribution is -0.138. The molecule has 0 heterocycles. The fourth-order valence-electron chi connectivity index (χ4n) is 3.56. The first-order valence-electron chi connectivity index (χ1n) is 4.93. The number of hydrogen-bond donors (Lipinski definition) is 0. The average Bonchev–Trinajstić information content (AvgIpc) is 2.07. The van der Waals surface area contributed by atoms with E-state index >= 15 is 0 Å². The van der Waals surface area contributed by atoms with Crippen molar-refractivity contribution in [3.05, 3.63) is 0 Å². The summed E-state index contributed by atoms with van der Waals surface area (Å²) in [6.07, 6.45) is 5.10. The molecule has 66 valence electrons. The Morgan fingerprint density at radius 2 is 2.00 bits per heavy atom. The van der Waals surface area contributed by atoms with Gasteiger partial charge in [0.1, 0.15) is 5.78 Å². The second kappa shape index (κ2) is 2.46. The molecular formula is C10H13IO. The van der Waals surface area contributed by atoms with Crippen molar-refractivity contribution in [1.29, 1.82) is 0 Å². The van der Waals surface area contributed by atoms with E-state index in [0.29, 0.717) is 21.5 Å². The van der Waals surface area contributed by atoms with Crippen molar-refractivity contribution < 1.29 is 4.79 Å². The van der Waals surface area contributed by atoms with Crippen molar-refractivity contribution in [2.75, 3.05) is 0 Å². The number of hydrogen-bond acceptors (Lipinski definition) is 1. The molecule has 0 radical (unpaired) electrons. The Morgan fingerprint density at radius 1 is 1.17 bits per heavy atom. The van der Waals surface area contributed by atoms with Crippen LogP contribution in [0.3, 0.4) is 0 Å². The molecule has 0 spiro atoms. The first-order valence-corrected chi connectivity index (χ1v) is 6.18. The van der Waals surface area contributed by atoms with Crippen LogP contribution in [0.2, 0.25) is 0 Å². The second-order valence-corrected chi connectivity index (χ2v) is 6.16. The minimum absolute atomic E-state index is 0.460. The Bertz CT molecular complexity index is 238. The van der Waals surface area contributed by atoms with Crippen LogP contribution in [0.5, 0.6) is 0 Å². The quantitative estimate of drug-likeness (QED) is 0.490. The van der Waals surface area contributed by atoms with E-state index in [0.717, 1.165) is 11.8 Å². The summed E-state index contributed by atoms with van der Waals surface area (Å²) in [7, 11) is 0. The van der Waals surface area contributed by atoms with Gasteiger partial charge in [-0.05, 0) is 37.5 Å². The highest BCUT2D eigenvalue weighted by molar-refractivity contribution is 14.1. The monoisotopic (exact) mass is 276 g/mol. The van der Waals surface area contributed by atoms with Gasteiger partial charge < -0.3 is 0 Å². The first kappa shape index (κ1) is 7.77. The molecule has 4 rings (SSSR count). The smallest absolute Gasteiger partial charge is 0.140 e. The summed E-state index contributed by atoms with van der Waals surface area (Å²) in [5.74, 6) is 3.37. The molecule has 5 atom stereocenters. The number of alkyl halides is 1. The summed E-state index contributed by atoms with van der Waals surface area (Å²) in [6, 6.07) is 0. The van der Waals surface area contributed by atoms with Crippen LogP contribution in [0.1, 0.15) is 25.7 Å². The van der Waals surface area contributed by atoms with Crippen LogP contribution in [-0.2, 0) is 4.79 Å². The summed E-state index contributed by atoms with van der Waals surface area (Å²) in [6.45, 7) is 0. The van der Waals surface area contributed by atoms with E-state index in [-0.39, 0.29) is 0 Å². The van der Waals surface area contributed by atoms with Crippen LogP contribution in [0.25, 0.3) is 0 Å². The normalized spacial score (nSPS) is 56.4. The van der Waals surface area contributed by atoms with Crippen molar-refractivity contribution in [2.45, 2.75) is 29.6 Å². The minimum Gasteiger partial charge on any atom is -0.299 e. The molecule has 0 amide bonds. The van der Waals surface area contributed by atoms with Gasteiger partial charge >= 0.3 is 0 Å². The summed E-state index contributed by atoms with van der Waals surface area (Å²) in [5, 5.41) is 0. The van der Waals surface area contributed by atoms with Gasteiger partial charge in [-0.2, -0.15) is 0 Å². The molecule has 0 aromatic heterocycles. The molecule has 12 heavy (non-hydrogen) atoms. The van der Waals surface area contributed by atoms with Gasteiger partial charge in [0.15, 0.2) is 0 Å². The molecular weight excluding hydrogens is 263 g/mol. The third-order valence-electron chi connectivity index (χ3n) is 4.03. The molecule has 1 nitrogen and oxygen atoms in total. The van der Waals surface area contributed by atoms with Crippen LogP contribution in [-0.4, -0.2) is 9.71 Å². The van der Waals surface area contributed by atoms with Crippen molar-refractivity contribution in [2.24, 2.45) is 23.7 Å². The van der Waals surface area contributed by atoms with Gasteiger partial charge in [0.2, 0.25) is 0 Å². The van der Waals surface area contributed by atoms with E-state index in [1.807, 2.05) is 0 Å². The largest absolute Gasteiger partial charge is 0.299 e. The van der Waals surface area contributed by atoms with Gasteiger partial charge in [-0.25, -0.2) is 0 Å². The van der Waals surface area contributed by atoms with Gasteiger partial charge in [0.25, 0.3) is 0 Å². The molecule has 0 N–H and O–H groups in total. The predicted octanol–water partition coefficient (Wildman–Crippen LogP) is 2.43. The van der Waals surface area contributed by atoms with Gasteiger partial charge in [0, 0.05) is 15.8 Å². The SMILES string of the molecule is O=C1[C@@H]2C[C@H]3C[C@H](C2)[C@H](I)[C@H]1C3. The molecule has 4 aliphatic carbocycles. The van der Waals surface area contributed by atoms with Crippen LogP contribution in [0, 0.1) is 23.7 Å². The molecule has 4 fully saturated rings. The van der Waals surface area contributed by atoms with E-state index in [4.69, 9.17) is 0 Å². The molecule has 0 saturated heterocycles. The highest BCUT2D eigenvalue weighted by Crippen LogP contribution is 2.54. The summed E-state index contributed by atoms with van der Waals surface area (Å²) in [5.41, 5.74) is 0. The fourth-order valence-corrected chi connectivity index (χ4v) is 4.80. The number of rotatable bonds is 0. The lowest BCUT2D eigenvalue weighted by atomic mass is 9.56. The lowest BCUT2D eigenvalue weighted by Crippen LogP contribution is -2.51.